The summed E-state index contributed by atoms with van der Waals surface area (Å²) in [6.07, 6.45) is 0.751. The van der Waals surface area contributed by atoms with Gasteiger partial charge in [0.25, 0.3) is 10.0 Å². The molecule has 0 radical (unpaired) electrons. The lowest BCUT2D eigenvalue weighted by Crippen LogP contribution is -3.11. The molecule has 2 aromatic rings. The number of rotatable bonds is 5. The Labute approximate surface area is 174 Å². The minimum atomic E-state index is -3.93. The van der Waals surface area contributed by atoms with Crippen LogP contribution in [-0.4, -0.2) is 41.9 Å². The molecule has 0 aliphatic carbocycles. The molecule has 0 spiro atoms. The van der Waals surface area contributed by atoms with E-state index in [9.17, 15) is 8.42 Å². The minimum Gasteiger partial charge on any atom is -0.492 e. The number of nitrogens with one attached hydrogen (secondary N) is 2. The van der Waals surface area contributed by atoms with Crippen molar-refractivity contribution >= 4 is 21.7 Å². The molecule has 160 valence electrons. The van der Waals surface area contributed by atoms with E-state index in [2.05, 4.69) is 16.8 Å². The zero-order valence-corrected chi connectivity index (χ0v) is 17.5. The van der Waals surface area contributed by atoms with Crippen molar-refractivity contribution in [3.05, 3.63) is 41.5 Å². The maximum Gasteiger partial charge on any atom is 0.285 e. The second-order valence-corrected chi connectivity index (χ2v) is 8.76. The standard InChI is InChI=1S/C19H23N5O5S/c1-24-8-7-11-9-14-16(29-10-28-14)17(27-2)15(11)18(24)22-12-3-5-13(6-4-12)30(25,26)23-19(20)21/h3-6,9,18,22H,7-8,10H2,1-2H3,(H4,20,21,23)/p+1/t18-/m1/s1. The van der Waals surface area contributed by atoms with Crippen molar-refractivity contribution in [1.29, 1.82) is 0 Å². The van der Waals surface area contributed by atoms with Crippen LogP contribution >= 0.6 is 0 Å². The summed E-state index contributed by atoms with van der Waals surface area (Å²) in [6.45, 7) is 1.07. The molecule has 0 aromatic heterocycles. The van der Waals surface area contributed by atoms with Crippen LogP contribution in [0, 0.1) is 0 Å². The lowest BCUT2D eigenvalue weighted by molar-refractivity contribution is -0.910. The first-order valence-corrected chi connectivity index (χ1v) is 10.8. The van der Waals surface area contributed by atoms with Crippen molar-refractivity contribution in [2.24, 2.45) is 15.9 Å². The molecule has 0 saturated heterocycles. The highest BCUT2D eigenvalue weighted by Crippen LogP contribution is 2.47. The molecule has 10 nitrogen and oxygen atoms in total. The Bertz CT molecular complexity index is 1100. The third-order valence-electron chi connectivity index (χ3n) is 5.21. The van der Waals surface area contributed by atoms with Gasteiger partial charge >= 0.3 is 0 Å². The molecular weight excluding hydrogens is 410 g/mol. The van der Waals surface area contributed by atoms with Gasteiger partial charge < -0.3 is 35.9 Å². The maximum absolute atomic E-state index is 12.1. The fraction of sp³-hybridized carbons (Fsp3) is 0.316. The van der Waals surface area contributed by atoms with Crippen LogP contribution in [0.25, 0.3) is 0 Å². The van der Waals surface area contributed by atoms with Crippen molar-refractivity contribution in [3.8, 4) is 17.2 Å². The van der Waals surface area contributed by atoms with E-state index in [-0.39, 0.29) is 17.9 Å². The van der Waals surface area contributed by atoms with Crippen LogP contribution in [0.5, 0.6) is 17.2 Å². The lowest BCUT2D eigenvalue weighted by atomic mass is 9.94. The van der Waals surface area contributed by atoms with Crippen molar-refractivity contribution in [1.82, 2.24) is 0 Å². The molecule has 2 aromatic carbocycles. The molecule has 4 rings (SSSR count). The normalized spacial score (nSPS) is 19.7. The van der Waals surface area contributed by atoms with Gasteiger partial charge in [0.2, 0.25) is 18.5 Å². The molecule has 6 N–H and O–H groups in total. The number of hydrogen-bond acceptors (Lipinski definition) is 6. The monoisotopic (exact) mass is 434 g/mol. The number of quaternary nitrogens is 1. The molecule has 11 heteroatoms. The number of benzene rings is 2. The molecule has 30 heavy (non-hydrogen) atoms. The Hall–Kier alpha value is -3.18. The Morgan fingerprint density at radius 3 is 2.67 bits per heavy atom. The SMILES string of the molecule is COc1c2c(cc3c1[C@H](Nc1ccc(S(=O)(=O)N=C(N)N)cc1)[NH+](C)CC3)OCO2. The van der Waals surface area contributed by atoms with Gasteiger partial charge in [-0.1, -0.05) is 0 Å². The van der Waals surface area contributed by atoms with Crippen LogP contribution in [0.1, 0.15) is 17.3 Å². The maximum atomic E-state index is 12.1. The highest BCUT2D eigenvalue weighted by Gasteiger charge is 2.36. The summed E-state index contributed by atoms with van der Waals surface area (Å²) in [4.78, 5) is 1.24. The average molecular weight is 434 g/mol. The first-order valence-electron chi connectivity index (χ1n) is 9.34. The summed E-state index contributed by atoms with van der Waals surface area (Å²) in [5, 5.41) is 3.48. The summed E-state index contributed by atoms with van der Waals surface area (Å²) in [6, 6.07) is 8.28. The van der Waals surface area contributed by atoms with Crippen LogP contribution < -0.4 is 35.9 Å². The predicted octanol–water partition coefficient (Wildman–Crippen LogP) is -0.432. The quantitative estimate of drug-likeness (QED) is 0.367. The van der Waals surface area contributed by atoms with Gasteiger partial charge in [-0.2, -0.15) is 8.42 Å². The van der Waals surface area contributed by atoms with E-state index < -0.39 is 16.0 Å². The van der Waals surface area contributed by atoms with E-state index >= 15 is 0 Å². The number of ether oxygens (including phenoxy) is 3. The van der Waals surface area contributed by atoms with Crippen molar-refractivity contribution in [2.45, 2.75) is 17.5 Å². The third-order valence-corrected chi connectivity index (χ3v) is 6.53. The zero-order chi connectivity index (χ0) is 21.5. The highest BCUT2D eigenvalue weighted by atomic mass is 32.2. The smallest absolute Gasteiger partial charge is 0.285 e. The van der Waals surface area contributed by atoms with E-state index in [0.717, 1.165) is 29.8 Å². The number of fused-ring (bicyclic) bond motifs is 2. The van der Waals surface area contributed by atoms with Crippen molar-refractivity contribution in [2.75, 3.05) is 32.8 Å². The second-order valence-electron chi connectivity index (χ2n) is 7.16. The summed E-state index contributed by atoms with van der Waals surface area (Å²) in [5.74, 6) is 1.45. The number of sulfonamides is 1. The Kier molecular flexibility index (Phi) is 5.08. The number of nitrogens with two attached hydrogens (primary N) is 2. The molecule has 0 saturated carbocycles. The zero-order valence-electron chi connectivity index (χ0n) is 16.6. The van der Waals surface area contributed by atoms with Crippen LogP contribution in [0.2, 0.25) is 0 Å². The van der Waals surface area contributed by atoms with Crippen LogP contribution in [0.15, 0.2) is 39.6 Å². The van der Waals surface area contributed by atoms with Crippen LogP contribution in [-0.2, 0) is 16.4 Å². The molecule has 2 aliphatic heterocycles. The fourth-order valence-corrected chi connectivity index (χ4v) is 4.67. The predicted molar refractivity (Wildman–Crippen MR) is 110 cm³/mol. The highest BCUT2D eigenvalue weighted by molar-refractivity contribution is 7.90. The van der Waals surface area contributed by atoms with Gasteiger partial charge in [-0.15, -0.1) is 4.40 Å². The van der Waals surface area contributed by atoms with Gasteiger partial charge in [0, 0.05) is 12.1 Å². The summed E-state index contributed by atoms with van der Waals surface area (Å²) < 4.78 is 44.4. The van der Waals surface area contributed by atoms with Gasteiger partial charge in [-0.05, 0) is 35.9 Å². The van der Waals surface area contributed by atoms with Gasteiger partial charge in [-0.3, -0.25) is 0 Å². The van der Waals surface area contributed by atoms with E-state index in [1.807, 2.05) is 6.07 Å². The summed E-state index contributed by atoms with van der Waals surface area (Å²) in [5.41, 5.74) is 13.3. The van der Waals surface area contributed by atoms with Crippen molar-refractivity contribution < 1.29 is 27.5 Å². The molecule has 2 heterocycles. The molecule has 1 unspecified atom stereocenters. The number of guanidine groups is 1. The molecule has 0 fully saturated rings. The minimum absolute atomic E-state index is 0.00662. The summed E-state index contributed by atoms with van der Waals surface area (Å²) in [7, 11) is -0.233. The average Bonchev–Trinajstić information content (AvgIpc) is 3.16. The third kappa shape index (κ3) is 3.57. The first-order chi connectivity index (χ1) is 14.3. The van der Waals surface area contributed by atoms with Gasteiger partial charge in [0.05, 0.1) is 31.2 Å². The molecule has 2 atom stereocenters. The van der Waals surface area contributed by atoms with Crippen molar-refractivity contribution in [3.63, 3.8) is 0 Å². The van der Waals surface area contributed by atoms with E-state index in [4.69, 9.17) is 25.7 Å². The number of hydrogen-bond donors (Lipinski definition) is 4. The number of likely N-dealkylation sites (N-methyl/N-ethyl adjacent to an activating group) is 1. The van der Waals surface area contributed by atoms with Gasteiger partial charge in [0.1, 0.15) is 0 Å². The Balaban J connectivity index is 1.67. The topological polar surface area (TPSA) is 143 Å². The van der Waals surface area contributed by atoms with Gasteiger partial charge in [0.15, 0.2) is 17.7 Å². The fourth-order valence-electron chi connectivity index (χ4n) is 3.80. The lowest BCUT2D eigenvalue weighted by Gasteiger charge is -2.33. The number of anilines is 1. The number of nitrogens with zero attached hydrogens (tertiary/aromatic N) is 1. The van der Waals surface area contributed by atoms with E-state index in [1.165, 1.54) is 17.0 Å². The van der Waals surface area contributed by atoms with Crippen LogP contribution in [0.4, 0.5) is 5.69 Å². The first kappa shape index (κ1) is 20.1. The number of methoxy groups -OCH3 is 1. The molecule has 2 aliphatic rings. The molecule has 0 bridgehead atoms. The van der Waals surface area contributed by atoms with Crippen LogP contribution in [0.3, 0.4) is 0 Å². The summed E-state index contributed by atoms with van der Waals surface area (Å²) >= 11 is 0. The van der Waals surface area contributed by atoms with Gasteiger partial charge in [-0.25, -0.2) is 0 Å². The second kappa shape index (κ2) is 7.58. The largest absolute Gasteiger partial charge is 0.492 e. The Morgan fingerprint density at radius 2 is 2.00 bits per heavy atom. The molecule has 0 amide bonds. The van der Waals surface area contributed by atoms with E-state index in [1.54, 1.807) is 19.2 Å². The Morgan fingerprint density at radius 1 is 1.27 bits per heavy atom. The molecular formula is C19H24N5O5S+. The van der Waals surface area contributed by atoms with E-state index in [0.29, 0.717) is 17.2 Å².